The van der Waals surface area contributed by atoms with E-state index in [0.29, 0.717) is 5.69 Å². The van der Waals surface area contributed by atoms with Crippen LogP contribution in [0.5, 0.6) is 0 Å². The zero-order valence-electron chi connectivity index (χ0n) is 10.9. The number of fused-ring (bicyclic) bond motifs is 1. The average Bonchev–Trinajstić information content (AvgIpc) is 2.84. The van der Waals surface area contributed by atoms with Crippen molar-refractivity contribution in [1.29, 1.82) is 0 Å². The number of hydrogen-bond donors (Lipinski definition) is 2. The molecule has 2 N–H and O–H groups in total. The molecule has 0 amide bonds. The number of nitrogens with zero attached hydrogens (tertiary/aromatic N) is 2. The summed E-state index contributed by atoms with van der Waals surface area (Å²) in [5.74, 6) is -1.04. The topological polar surface area (TPSA) is 86.3 Å². The van der Waals surface area contributed by atoms with Gasteiger partial charge in [-0.3, -0.25) is 5.10 Å². The molecule has 6 nitrogen and oxygen atoms in total. The molecule has 0 unspecified atom stereocenters. The normalized spacial score (nSPS) is 30.2. The highest BCUT2D eigenvalue weighted by Crippen LogP contribution is 2.49. The lowest BCUT2D eigenvalue weighted by Gasteiger charge is -2.44. The van der Waals surface area contributed by atoms with Crippen molar-refractivity contribution in [3.8, 4) is 0 Å². The molecule has 10 heteroatoms. The first kappa shape index (κ1) is 14.8. The summed E-state index contributed by atoms with van der Waals surface area (Å²) < 4.78 is 63.1. The molecule has 1 aliphatic carbocycles. The van der Waals surface area contributed by atoms with E-state index in [0.717, 1.165) is 5.56 Å². The average molecular weight is 325 g/mol. The molecule has 1 fully saturated rings. The van der Waals surface area contributed by atoms with Gasteiger partial charge in [-0.15, -0.1) is 0 Å². The van der Waals surface area contributed by atoms with Crippen LogP contribution in [-0.4, -0.2) is 45.6 Å². The maximum Gasteiger partial charge on any atom is 0.417 e. The molecule has 0 bridgehead atoms. The van der Waals surface area contributed by atoms with Gasteiger partial charge >= 0.3 is 6.18 Å². The largest absolute Gasteiger partial charge is 0.417 e. The van der Waals surface area contributed by atoms with Crippen LogP contribution in [-0.2, 0) is 23.1 Å². The molecule has 21 heavy (non-hydrogen) atoms. The van der Waals surface area contributed by atoms with Gasteiger partial charge < -0.3 is 5.11 Å². The molecule has 2 aliphatic rings. The van der Waals surface area contributed by atoms with Crippen LogP contribution in [0.4, 0.5) is 13.2 Å². The van der Waals surface area contributed by atoms with Gasteiger partial charge in [0.15, 0.2) is 5.60 Å². The Bertz CT molecular complexity index is 629. The van der Waals surface area contributed by atoms with Gasteiger partial charge in [-0.1, -0.05) is 0 Å². The second kappa shape index (κ2) is 4.43. The number of aliphatic hydroxyl groups is 1. The molecule has 1 aromatic rings. The highest BCUT2D eigenvalue weighted by Gasteiger charge is 2.61. The van der Waals surface area contributed by atoms with E-state index >= 15 is 0 Å². The first-order chi connectivity index (χ1) is 9.61. The van der Waals surface area contributed by atoms with Gasteiger partial charge in [0.25, 0.3) is 0 Å². The Morgan fingerprint density at radius 1 is 1.43 bits per heavy atom. The van der Waals surface area contributed by atoms with Crippen LogP contribution in [0.25, 0.3) is 0 Å². The van der Waals surface area contributed by atoms with Crippen molar-refractivity contribution < 1.29 is 26.7 Å². The third-order valence-electron chi connectivity index (χ3n) is 4.11. The van der Waals surface area contributed by atoms with Gasteiger partial charge in [-0.05, 0) is 18.8 Å². The predicted octanol–water partition coefficient (Wildman–Crippen LogP) is 0.759. The highest BCUT2D eigenvalue weighted by molar-refractivity contribution is 7.89. The van der Waals surface area contributed by atoms with Crippen molar-refractivity contribution in [3.05, 3.63) is 17.5 Å². The SMILES string of the molecule is O=S(=O)(CC1CC(O)(C(F)(F)F)C1)N1Cc2cn[nH]c2C1. The molecule has 0 spiro atoms. The van der Waals surface area contributed by atoms with Crippen LogP contribution in [0.15, 0.2) is 6.20 Å². The first-order valence-corrected chi connectivity index (χ1v) is 8.00. The molecule has 1 saturated carbocycles. The number of halogens is 3. The zero-order valence-corrected chi connectivity index (χ0v) is 11.7. The van der Waals surface area contributed by atoms with E-state index in [1.54, 1.807) is 0 Å². The van der Waals surface area contributed by atoms with Crippen molar-refractivity contribution >= 4 is 10.0 Å². The lowest BCUT2D eigenvalue weighted by molar-refractivity contribution is -0.297. The second-order valence-corrected chi connectivity index (χ2v) is 7.74. The smallest absolute Gasteiger partial charge is 0.380 e. The van der Waals surface area contributed by atoms with Crippen LogP contribution >= 0.6 is 0 Å². The van der Waals surface area contributed by atoms with Gasteiger partial charge in [0, 0.05) is 12.1 Å². The number of nitrogens with one attached hydrogen (secondary N) is 1. The van der Waals surface area contributed by atoms with E-state index < -0.39 is 40.6 Å². The summed E-state index contributed by atoms with van der Waals surface area (Å²) >= 11 is 0. The van der Waals surface area contributed by atoms with E-state index in [9.17, 15) is 26.7 Å². The summed E-state index contributed by atoms with van der Waals surface area (Å²) in [6.45, 7) is 0.346. The van der Waals surface area contributed by atoms with Crippen LogP contribution in [0.3, 0.4) is 0 Å². The van der Waals surface area contributed by atoms with Crippen molar-refractivity contribution in [1.82, 2.24) is 14.5 Å². The van der Waals surface area contributed by atoms with E-state index in [-0.39, 0.29) is 18.8 Å². The highest BCUT2D eigenvalue weighted by atomic mass is 32.2. The van der Waals surface area contributed by atoms with Crippen LogP contribution < -0.4 is 0 Å². The van der Waals surface area contributed by atoms with Crippen molar-refractivity contribution in [2.45, 2.75) is 37.7 Å². The fourth-order valence-corrected chi connectivity index (χ4v) is 4.58. The van der Waals surface area contributed by atoms with Gasteiger partial charge in [0.1, 0.15) is 0 Å². The summed E-state index contributed by atoms with van der Waals surface area (Å²) in [5, 5.41) is 15.8. The summed E-state index contributed by atoms with van der Waals surface area (Å²) in [6, 6.07) is 0. The number of rotatable bonds is 3. The fourth-order valence-electron chi connectivity index (χ4n) is 2.88. The molecule has 0 atom stereocenters. The molecule has 118 valence electrons. The maximum absolute atomic E-state index is 12.5. The monoisotopic (exact) mass is 325 g/mol. The minimum absolute atomic E-state index is 0.161. The number of sulfonamides is 1. The van der Waals surface area contributed by atoms with Gasteiger partial charge in [0.2, 0.25) is 10.0 Å². The Labute approximate surface area is 119 Å². The molecule has 0 radical (unpaired) electrons. The predicted molar refractivity (Wildman–Crippen MR) is 65.4 cm³/mol. The number of aromatic amines is 1. The number of hydrogen-bond acceptors (Lipinski definition) is 4. The minimum atomic E-state index is -4.70. The van der Waals surface area contributed by atoms with E-state index in [4.69, 9.17) is 0 Å². The van der Waals surface area contributed by atoms with Gasteiger partial charge in [-0.2, -0.15) is 22.6 Å². The van der Waals surface area contributed by atoms with Crippen molar-refractivity contribution in [2.24, 2.45) is 5.92 Å². The number of alkyl halides is 3. The van der Waals surface area contributed by atoms with E-state index in [2.05, 4.69) is 10.2 Å². The van der Waals surface area contributed by atoms with Gasteiger partial charge in [0.05, 0.1) is 24.2 Å². The molecule has 0 aromatic carbocycles. The Hall–Kier alpha value is -1.13. The third kappa shape index (κ3) is 2.44. The van der Waals surface area contributed by atoms with Crippen LogP contribution in [0.2, 0.25) is 0 Å². The molecular formula is C11H14F3N3O3S. The van der Waals surface area contributed by atoms with Crippen LogP contribution in [0, 0.1) is 5.92 Å². The van der Waals surface area contributed by atoms with Crippen LogP contribution in [0.1, 0.15) is 24.1 Å². The molecule has 1 aromatic heterocycles. The molecular weight excluding hydrogens is 311 g/mol. The molecule has 0 saturated heterocycles. The minimum Gasteiger partial charge on any atom is -0.380 e. The maximum atomic E-state index is 12.5. The second-order valence-electron chi connectivity index (χ2n) is 5.72. The number of aromatic nitrogens is 2. The van der Waals surface area contributed by atoms with Crippen molar-refractivity contribution in [3.63, 3.8) is 0 Å². The first-order valence-electron chi connectivity index (χ1n) is 6.39. The Balaban J connectivity index is 1.61. The quantitative estimate of drug-likeness (QED) is 0.859. The summed E-state index contributed by atoms with van der Waals surface area (Å²) in [5.41, 5.74) is -1.25. The van der Waals surface area contributed by atoms with Crippen molar-refractivity contribution in [2.75, 3.05) is 5.75 Å². The van der Waals surface area contributed by atoms with E-state index in [1.807, 2.05) is 0 Å². The fraction of sp³-hybridized carbons (Fsp3) is 0.727. The Morgan fingerprint density at radius 3 is 2.67 bits per heavy atom. The summed E-state index contributed by atoms with van der Waals surface area (Å²) in [7, 11) is -3.65. The number of H-pyrrole nitrogens is 1. The van der Waals surface area contributed by atoms with E-state index in [1.165, 1.54) is 10.5 Å². The summed E-state index contributed by atoms with van der Waals surface area (Å²) in [6.07, 6.45) is -4.28. The lowest BCUT2D eigenvalue weighted by atomic mass is 9.71. The molecule has 1 aliphatic heterocycles. The standard InChI is InChI=1S/C11H14F3N3O3S/c12-11(13,14)10(18)1-7(2-10)6-21(19,20)17-4-8-3-15-16-9(8)5-17/h3,7,18H,1-2,4-6H2,(H,15,16). The van der Waals surface area contributed by atoms with Gasteiger partial charge in [-0.25, -0.2) is 8.42 Å². The third-order valence-corrected chi connectivity index (χ3v) is 6.05. The zero-order chi connectivity index (χ0) is 15.5. The molecule has 3 rings (SSSR count). The Morgan fingerprint density at radius 2 is 2.10 bits per heavy atom. The molecule has 2 heterocycles. The Kier molecular flexibility index (Phi) is 3.12. The summed E-state index contributed by atoms with van der Waals surface area (Å²) in [4.78, 5) is 0. The lowest BCUT2D eigenvalue weighted by Crippen LogP contribution is -2.57.